The molecule has 2 N–H and O–H groups in total. The quantitative estimate of drug-likeness (QED) is 0.894. The third-order valence-electron chi connectivity index (χ3n) is 2.97. The van der Waals surface area contributed by atoms with Gasteiger partial charge in [0.1, 0.15) is 5.69 Å². The van der Waals surface area contributed by atoms with Gasteiger partial charge in [-0.1, -0.05) is 20.8 Å². The predicted octanol–water partition coefficient (Wildman–Crippen LogP) is 3.03. The predicted molar refractivity (Wildman–Crippen MR) is 81.6 cm³/mol. The summed E-state index contributed by atoms with van der Waals surface area (Å²) in [6, 6.07) is 2.86. The molecular weight excluding hydrogens is 268 g/mol. The molecule has 5 heteroatoms. The van der Waals surface area contributed by atoms with Crippen molar-refractivity contribution < 1.29 is 14.7 Å². The minimum atomic E-state index is -1.04. The summed E-state index contributed by atoms with van der Waals surface area (Å²) in [6.07, 6.45) is 0.817. The van der Waals surface area contributed by atoms with Crippen molar-refractivity contribution in [2.45, 2.75) is 53.5 Å². The lowest BCUT2D eigenvalue weighted by Crippen LogP contribution is -2.46. The second-order valence-electron chi connectivity index (χ2n) is 7.21. The van der Waals surface area contributed by atoms with Gasteiger partial charge in [-0.3, -0.25) is 4.79 Å². The Labute approximate surface area is 125 Å². The van der Waals surface area contributed by atoms with Crippen molar-refractivity contribution in [3.8, 4) is 0 Å². The lowest BCUT2D eigenvalue weighted by Gasteiger charge is -2.33. The maximum absolute atomic E-state index is 12.3. The Morgan fingerprint density at radius 2 is 1.76 bits per heavy atom. The molecule has 0 bridgehead atoms. The normalized spacial score (nSPS) is 12.1. The third kappa shape index (κ3) is 5.17. The molecule has 1 rings (SSSR count). The summed E-state index contributed by atoms with van der Waals surface area (Å²) in [5.41, 5.74) is 0.410. The molecule has 0 aliphatic rings. The summed E-state index contributed by atoms with van der Waals surface area (Å²) >= 11 is 0. The van der Waals surface area contributed by atoms with E-state index in [0.717, 1.165) is 6.42 Å². The van der Waals surface area contributed by atoms with Crippen molar-refractivity contribution in [3.05, 3.63) is 29.1 Å². The molecule has 0 aliphatic heterocycles. The van der Waals surface area contributed by atoms with Crippen molar-refractivity contribution in [2.24, 2.45) is 5.41 Å². The van der Waals surface area contributed by atoms with Gasteiger partial charge in [-0.25, -0.2) is 9.78 Å². The second-order valence-corrected chi connectivity index (χ2v) is 7.21. The number of aromatic nitrogens is 1. The van der Waals surface area contributed by atoms with Crippen LogP contribution in [0.25, 0.3) is 0 Å². The Morgan fingerprint density at radius 3 is 2.19 bits per heavy atom. The SMILES string of the molecule is Cc1nc(C(=O)NC(C)(C)CC(C)(C)C)ccc1C(=O)O. The van der Waals surface area contributed by atoms with E-state index in [-0.39, 0.29) is 28.1 Å². The van der Waals surface area contributed by atoms with Gasteiger partial charge in [0.25, 0.3) is 5.91 Å². The molecule has 1 heterocycles. The maximum Gasteiger partial charge on any atom is 0.337 e. The zero-order valence-electron chi connectivity index (χ0n) is 13.6. The van der Waals surface area contributed by atoms with Crippen LogP contribution in [0.4, 0.5) is 0 Å². The first kappa shape index (κ1) is 17.1. The lowest BCUT2D eigenvalue weighted by molar-refractivity contribution is 0.0694. The van der Waals surface area contributed by atoms with Gasteiger partial charge in [-0.05, 0) is 44.7 Å². The van der Waals surface area contributed by atoms with Crippen molar-refractivity contribution in [1.82, 2.24) is 10.3 Å². The van der Waals surface area contributed by atoms with E-state index in [1.165, 1.54) is 12.1 Å². The van der Waals surface area contributed by atoms with Crippen LogP contribution in [-0.4, -0.2) is 27.5 Å². The fourth-order valence-electron chi connectivity index (χ4n) is 2.65. The first-order chi connectivity index (χ1) is 9.41. The number of hydrogen-bond donors (Lipinski definition) is 2. The standard InChI is InChI=1S/C16H24N2O3/c1-10-11(14(20)21)7-8-12(17-10)13(19)18-16(5,6)9-15(2,3)4/h7-8H,9H2,1-6H3,(H,18,19)(H,20,21). The Kier molecular flexibility index (Phi) is 4.76. The number of aromatic carboxylic acids is 1. The molecular formula is C16H24N2O3. The average Bonchev–Trinajstić information content (AvgIpc) is 2.23. The van der Waals surface area contributed by atoms with Crippen LogP contribution in [0.5, 0.6) is 0 Å². The Morgan fingerprint density at radius 1 is 1.19 bits per heavy atom. The van der Waals surface area contributed by atoms with Gasteiger partial charge < -0.3 is 10.4 Å². The number of hydrogen-bond acceptors (Lipinski definition) is 3. The van der Waals surface area contributed by atoms with E-state index in [1.54, 1.807) is 6.92 Å². The highest BCUT2D eigenvalue weighted by atomic mass is 16.4. The summed E-state index contributed by atoms with van der Waals surface area (Å²) in [7, 11) is 0. The fraction of sp³-hybridized carbons (Fsp3) is 0.562. The van der Waals surface area contributed by atoms with Crippen LogP contribution in [0.2, 0.25) is 0 Å². The van der Waals surface area contributed by atoms with Crippen molar-refractivity contribution >= 4 is 11.9 Å². The lowest BCUT2D eigenvalue weighted by atomic mass is 9.82. The summed E-state index contributed by atoms with van der Waals surface area (Å²) < 4.78 is 0. The Bertz CT molecular complexity index is 557. The topological polar surface area (TPSA) is 79.3 Å². The third-order valence-corrected chi connectivity index (χ3v) is 2.97. The minimum Gasteiger partial charge on any atom is -0.478 e. The number of nitrogens with one attached hydrogen (secondary N) is 1. The monoisotopic (exact) mass is 292 g/mol. The number of carbonyl (C=O) groups excluding carboxylic acids is 1. The Hall–Kier alpha value is -1.91. The van der Waals surface area contributed by atoms with Gasteiger partial charge in [0.2, 0.25) is 0 Å². The zero-order chi connectivity index (χ0) is 16.4. The molecule has 1 aromatic heterocycles. The molecule has 1 aromatic rings. The van der Waals surface area contributed by atoms with Gasteiger partial charge >= 0.3 is 5.97 Å². The molecule has 0 saturated carbocycles. The summed E-state index contributed by atoms with van der Waals surface area (Å²) in [5, 5.41) is 11.9. The van der Waals surface area contributed by atoms with Gasteiger partial charge in [0.15, 0.2) is 0 Å². The average molecular weight is 292 g/mol. The van der Waals surface area contributed by atoms with Gasteiger partial charge in [0.05, 0.1) is 11.3 Å². The van der Waals surface area contributed by atoms with Crippen molar-refractivity contribution in [3.63, 3.8) is 0 Å². The first-order valence-corrected chi connectivity index (χ1v) is 6.95. The molecule has 116 valence electrons. The van der Waals surface area contributed by atoms with Crippen LogP contribution >= 0.6 is 0 Å². The fourth-order valence-corrected chi connectivity index (χ4v) is 2.65. The maximum atomic E-state index is 12.3. The molecule has 21 heavy (non-hydrogen) atoms. The summed E-state index contributed by atoms with van der Waals surface area (Å²) in [6.45, 7) is 11.9. The number of carbonyl (C=O) groups is 2. The van der Waals surface area contributed by atoms with E-state index in [0.29, 0.717) is 5.69 Å². The van der Waals surface area contributed by atoms with E-state index in [1.807, 2.05) is 13.8 Å². The highest BCUT2D eigenvalue weighted by Gasteiger charge is 2.27. The minimum absolute atomic E-state index is 0.0906. The molecule has 1 amide bonds. The van der Waals surface area contributed by atoms with E-state index in [2.05, 4.69) is 31.1 Å². The van der Waals surface area contributed by atoms with Gasteiger partial charge in [0, 0.05) is 5.54 Å². The Balaban J connectivity index is 2.90. The second kappa shape index (κ2) is 5.84. The number of rotatable bonds is 4. The van der Waals surface area contributed by atoms with Gasteiger partial charge in [-0.2, -0.15) is 0 Å². The molecule has 0 aromatic carbocycles. The number of nitrogens with zero attached hydrogens (tertiary/aromatic N) is 1. The van der Waals surface area contributed by atoms with Crippen molar-refractivity contribution in [2.75, 3.05) is 0 Å². The van der Waals surface area contributed by atoms with Crippen LogP contribution in [0.1, 0.15) is 67.6 Å². The highest BCUT2D eigenvalue weighted by Crippen LogP contribution is 2.27. The molecule has 0 spiro atoms. The molecule has 0 fully saturated rings. The van der Waals surface area contributed by atoms with E-state index < -0.39 is 5.97 Å². The van der Waals surface area contributed by atoms with Crippen LogP contribution in [0.15, 0.2) is 12.1 Å². The van der Waals surface area contributed by atoms with Crippen LogP contribution in [-0.2, 0) is 0 Å². The first-order valence-electron chi connectivity index (χ1n) is 6.95. The molecule has 0 aliphatic carbocycles. The van der Waals surface area contributed by atoms with E-state index in [9.17, 15) is 9.59 Å². The van der Waals surface area contributed by atoms with E-state index >= 15 is 0 Å². The van der Waals surface area contributed by atoms with E-state index in [4.69, 9.17) is 5.11 Å². The van der Waals surface area contributed by atoms with Crippen LogP contribution in [0, 0.1) is 12.3 Å². The largest absolute Gasteiger partial charge is 0.478 e. The molecule has 5 nitrogen and oxygen atoms in total. The number of aryl methyl sites for hydroxylation is 1. The van der Waals surface area contributed by atoms with Crippen LogP contribution < -0.4 is 5.32 Å². The number of carboxylic acids is 1. The smallest absolute Gasteiger partial charge is 0.337 e. The molecule has 0 saturated heterocycles. The molecule has 0 atom stereocenters. The van der Waals surface area contributed by atoms with Crippen molar-refractivity contribution in [1.29, 1.82) is 0 Å². The number of amides is 1. The molecule has 0 radical (unpaired) electrons. The zero-order valence-corrected chi connectivity index (χ0v) is 13.6. The van der Waals surface area contributed by atoms with Gasteiger partial charge in [-0.15, -0.1) is 0 Å². The summed E-state index contributed by atoms with van der Waals surface area (Å²) in [4.78, 5) is 27.3. The molecule has 0 unspecified atom stereocenters. The number of pyridine rings is 1. The highest BCUT2D eigenvalue weighted by molar-refractivity contribution is 5.94. The summed E-state index contributed by atoms with van der Waals surface area (Å²) in [5.74, 6) is -1.33. The van der Waals surface area contributed by atoms with Crippen LogP contribution in [0.3, 0.4) is 0 Å². The number of carboxylic acid groups (broad SMARTS) is 1.